The van der Waals surface area contributed by atoms with E-state index in [-0.39, 0.29) is 6.10 Å². The van der Waals surface area contributed by atoms with Gasteiger partial charge in [-0.05, 0) is 25.5 Å². The first kappa shape index (κ1) is 11.6. The predicted octanol–water partition coefficient (Wildman–Crippen LogP) is 1.71. The van der Waals surface area contributed by atoms with Crippen molar-refractivity contribution < 1.29 is 9.47 Å². The van der Waals surface area contributed by atoms with Crippen LogP contribution in [-0.4, -0.2) is 25.0 Å². The monoisotopic (exact) mass is 221 g/mol. The summed E-state index contributed by atoms with van der Waals surface area (Å²) >= 11 is 0. The van der Waals surface area contributed by atoms with E-state index in [0.717, 1.165) is 12.8 Å². The summed E-state index contributed by atoms with van der Waals surface area (Å²) in [6.45, 7) is 3.30. The van der Waals surface area contributed by atoms with Crippen molar-refractivity contribution in [1.82, 2.24) is 0 Å². The number of benzene rings is 1. The summed E-state index contributed by atoms with van der Waals surface area (Å²) in [6.07, 6.45) is 1.80. The van der Waals surface area contributed by atoms with Gasteiger partial charge in [0.15, 0.2) is 5.79 Å². The molecule has 2 unspecified atom stereocenters. The van der Waals surface area contributed by atoms with Crippen LogP contribution in [0.5, 0.6) is 0 Å². The van der Waals surface area contributed by atoms with Crippen molar-refractivity contribution in [3.05, 3.63) is 35.9 Å². The Bertz CT molecular complexity index is 328. The average Bonchev–Trinajstić information content (AvgIpc) is 2.62. The summed E-state index contributed by atoms with van der Waals surface area (Å²) in [5.74, 6) is -0.485. The second kappa shape index (κ2) is 4.95. The summed E-state index contributed by atoms with van der Waals surface area (Å²) in [5, 5.41) is 0. The predicted molar refractivity (Wildman–Crippen MR) is 63.0 cm³/mol. The van der Waals surface area contributed by atoms with Crippen molar-refractivity contribution >= 4 is 0 Å². The molecule has 88 valence electrons. The van der Waals surface area contributed by atoms with E-state index in [2.05, 4.69) is 12.1 Å². The summed E-state index contributed by atoms with van der Waals surface area (Å²) in [4.78, 5) is 0. The lowest BCUT2D eigenvalue weighted by Crippen LogP contribution is -2.30. The summed E-state index contributed by atoms with van der Waals surface area (Å²) in [5.41, 5.74) is 6.75. The molecule has 0 spiro atoms. The van der Waals surface area contributed by atoms with Gasteiger partial charge in [-0.25, -0.2) is 0 Å². The van der Waals surface area contributed by atoms with Gasteiger partial charge in [-0.1, -0.05) is 30.3 Å². The maximum atomic E-state index is 5.89. The Kier molecular flexibility index (Phi) is 3.59. The standard InChI is InChI=1S/C13H19NO2/c1-13(9-11-5-3-2-4-6-11)15-10-12(16-13)7-8-14/h2-6,12H,7-10,14H2,1H3. The highest BCUT2D eigenvalue weighted by atomic mass is 16.7. The highest BCUT2D eigenvalue weighted by Gasteiger charge is 2.36. The van der Waals surface area contributed by atoms with Crippen LogP contribution < -0.4 is 5.73 Å². The highest BCUT2D eigenvalue weighted by molar-refractivity contribution is 5.16. The molecule has 3 heteroatoms. The molecule has 0 radical (unpaired) electrons. The molecule has 1 aliphatic rings. The van der Waals surface area contributed by atoms with Crippen LogP contribution in [0.1, 0.15) is 18.9 Å². The quantitative estimate of drug-likeness (QED) is 0.841. The minimum atomic E-state index is -0.485. The SMILES string of the molecule is CC1(Cc2ccccc2)OCC(CCN)O1. The van der Waals surface area contributed by atoms with Crippen LogP contribution in [0.25, 0.3) is 0 Å². The first-order chi connectivity index (χ1) is 7.72. The van der Waals surface area contributed by atoms with Crippen LogP contribution in [0.2, 0.25) is 0 Å². The van der Waals surface area contributed by atoms with Crippen molar-refractivity contribution in [1.29, 1.82) is 0 Å². The number of ether oxygens (including phenoxy) is 2. The lowest BCUT2D eigenvalue weighted by molar-refractivity contribution is -0.152. The lowest BCUT2D eigenvalue weighted by atomic mass is 10.1. The first-order valence-corrected chi connectivity index (χ1v) is 5.78. The van der Waals surface area contributed by atoms with Crippen molar-refractivity contribution in [2.45, 2.75) is 31.7 Å². The molecule has 2 atom stereocenters. The maximum absolute atomic E-state index is 5.89. The Morgan fingerprint density at radius 3 is 2.81 bits per heavy atom. The van der Waals surface area contributed by atoms with Crippen molar-refractivity contribution in [2.75, 3.05) is 13.2 Å². The highest BCUT2D eigenvalue weighted by Crippen LogP contribution is 2.28. The zero-order valence-corrected chi connectivity index (χ0v) is 9.69. The molecular weight excluding hydrogens is 202 g/mol. The van der Waals surface area contributed by atoms with Gasteiger partial charge >= 0.3 is 0 Å². The Balaban J connectivity index is 1.95. The molecule has 1 fully saturated rings. The maximum Gasteiger partial charge on any atom is 0.170 e. The third-order valence-electron chi connectivity index (χ3n) is 2.85. The van der Waals surface area contributed by atoms with Crippen LogP contribution in [-0.2, 0) is 15.9 Å². The molecule has 1 aliphatic heterocycles. The van der Waals surface area contributed by atoms with Gasteiger partial charge in [-0.3, -0.25) is 0 Å². The van der Waals surface area contributed by atoms with Crippen molar-refractivity contribution in [3.63, 3.8) is 0 Å². The second-order valence-corrected chi connectivity index (χ2v) is 4.42. The van der Waals surface area contributed by atoms with Crippen LogP contribution in [0, 0.1) is 0 Å². The van der Waals surface area contributed by atoms with Crippen LogP contribution >= 0.6 is 0 Å². The fourth-order valence-electron chi connectivity index (χ4n) is 2.08. The Labute approximate surface area is 96.5 Å². The fourth-order valence-corrected chi connectivity index (χ4v) is 2.08. The van der Waals surface area contributed by atoms with Gasteiger partial charge in [0.1, 0.15) is 0 Å². The molecule has 0 amide bonds. The van der Waals surface area contributed by atoms with E-state index in [9.17, 15) is 0 Å². The number of hydrogen-bond acceptors (Lipinski definition) is 3. The van der Waals surface area contributed by atoms with E-state index < -0.39 is 5.79 Å². The molecule has 1 saturated heterocycles. The second-order valence-electron chi connectivity index (χ2n) is 4.42. The molecule has 1 aromatic carbocycles. The van der Waals surface area contributed by atoms with Crippen LogP contribution in [0.3, 0.4) is 0 Å². The third kappa shape index (κ3) is 2.82. The molecule has 2 rings (SSSR count). The molecule has 0 aromatic heterocycles. The minimum Gasteiger partial charge on any atom is -0.347 e. The number of hydrogen-bond donors (Lipinski definition) is 1. The fraction of sp³-hybridized carbons (Fsp3) is 0.538. The number of rotatable bonds is 4. The molecule has 0 bridgehead atoms. The molecule has 1 aromatic rings. The van der Waals surface area contributed by atoms with Gasteiger partial charge in [0, 0.05) is 6.42 Å². The van der Waals surface area contributed by atoms with E-state index in [4.69, 9.17) is 15.2 Å². The van der Waals surface area contributed by atoms with E-state index >= 15 is 0 Å². The van der Waals surface area contributed by atoms with Gasteiger partial charge in [0.2, 0.25) is 0 Å². The Morgan fingerprint density at radius 1 is 1.38 bits per heavy atom. The van der Waals surface area contributed by atoms with Crippen LogP contribution in [0.4, 0.5) is 0 Å². The lowest BCUT2D eigenvalue weighted by Gasteiger charge is -2.23. The van der Waals surface area contributed by atoms with E-state index in [1.807, 2.05) is 25.1 Å². The van der Waals surface area contributed by atoms with Gasteiger partial charge < -0.3 is 15.2 Å². The Morgan fingerprint density at radius 2 is 2.12 bits per heavy atom. The first-order valence-electron chi connectivity index (χ1n) is 5.78. The number of nitrogens with two attached hydrogens (primary N) is 1. The zero-order chi connectivity index (χ0) is 11.4. The van der Waals surface area contributed by atoms with Crippen LogP contribution in [0.15, 0.2) is 30.3 Å². The largest absolute Gasteiger partial charge is 0.347 e. The summed E-state index contributed by atoms with van der Waals surface area (Å²) in [6, 6.07) is 10.3. The van der Waals surface area contributed by atoms with E-state index in [0.29, 0.717) is 13.2 Å². The summed E-state index contributed by atoms with van der Waals surface area (Å²) in [7, 11) is 0. The minimum absolute atomic E-state index is 0.152. The normalized spacial score (nSPS) is 29.5. The third-order valence-corrected chi connectivity index (χ3v) is 2.85. The smallest absolute Gasteiger partial charge is 0.170 e. The zero-order valence-electron chi connectivity index (χ0n) is 9.69. The van der Waals surface area contributed by atoms with E-state index in [1.165, 1.54) is 5.56 Å². The molecule has 1 heterocycles. The molecular formula is C13H19NO2. The molecule has 2 N–H and O–H groups in total. The van der Waals surface area contributed by atoms with Gasteiger partial charge in [0.25, 0.3) is 0 Å². The van der Waals surface area contributed by atoms with Gasteiger partial charge in [-0.2, -0.15) is 0 Å². The van der Waals surface area contributed by atoms with Crippen molar-refractivity contribution in [3.8, 4) is 0 Å². The summed E-state index contributed by atoms with van der Waals surface area (Å²) < 4.78 is 11.6. The topological polar surface area (TPSA) is 44.5 Å². The molecule has 0 aliphatic carbocycles. The van der Waals surface area contributed by atoms with Gasteiger partial charge in [-0.15, -0.1) is 0 Å². The Hall–Kier alpha value is -0.900. The molecule has 3 nitrogen and oxygen atoms in total. The van der Waals surface area contributed by atoms with Crippen molar-refractivity contribution in [2.24, 2.45) is 5.73 Å². The van der Waals surface area contributed by atoms with Gasteiger partial charge in [0.05, 0.1) is 12.7 Å². The average molecular weight is 221 g/mol. The molecule has 16 heavy (non-hydrogen) atoms. The van der Waals surface area contributed by atoms with E-state index in [1.54, 1.807) is 0 Å². The molecule has 0 saturated carbocycles.